The van der Waals surface area contributed by atoms with Crippen molar-refractivity contribution in [3.05, 3.63) is 52.1 Å². The number of fused-ring (bicyclic) bond motifs is 3. The summed E-state index contributed by atoms with van der Waals surface area (Å²) in [6.07, 6.45) is 0. The van der Waals surface area contributed by atoms with Crippen molar-refractivity contribution in [1.82, 2.24) is 4.57 Å². The first kappa shape index (κ1) is 15.7. The van der Waals surface area contributed by atoms with Gasteiger partial charge in [0.15, 0.2) is 0 Å². The Bertz CT molecular complexity index is 1020. The lowest BCUT2D eigenvalue weighted by molar-refractivity contribution is -0.384. The van der Waals surface area contributed by atoms with E-state index in [0.717, 1.165) is 27.4 Å². The van der Waals surface area contributed by atoms with E-state index in [-0.39, 0.29) is 5.69 Å². The molecule has 7 heteroatoms. The van der Waals surface area contributed by atoms with Crippen LogP contribution in [0, 0.1) is 10.1 Å². The molecule has 0 aliphatic heterocycles. The number of rotatable bonds is 3. The largest absolute Gasteiger partial charge is 0.344 e. The van der Waals surface area contributed by atoms with Crippen molar-refractivity contribution < 1.29 is 14.6 Å². The van der Waals surface area contributed by atoms with Crippen LogP contribution in [-0.4, -0.2) is 21.2 Å². The Balaban J connectivity index is 2.22. The van der Waals surface area contributed by atoms with Gasteiger partial charge in [-0.25, -0.2) is 4.79 Å². The quantitative estimate of drug-likeness (QED) is 0.319. The van der Waals surface area contributed by atoms with Crippen molar-refractivity contribution in [3.63, 3.8) is 0 Å². The van der Waals surface area contributed by atoms with Crippen LogP contribution in [0.1, 0.15) is 19.4 Å². The van der Waals surface area contributed by atoms with E-state index in [9.17, 15) is 14.9 Å². The molecule has 2 aromatic carbocycles. The summed E-state index contributed by atoms with van der Waals surface area (Å²) in [4.78, 5) is 26.2. The Morgan fingerprint density at radius 1 is 1.12 bits per heavy atom. The molecule has 122 valence electrons. The zero-order valence-corrected chi connectivity index (χ0v) is 13.4. The van der Waals surface area contributed by atoms with Gasteiger partial charge in [0.1, 0.15) is 0 Å². The molecule has 0 fully saturated rings. The minimum Gasteiger partial charge on any atom is -0.344 e. The minimum absolute atomic E-state index is 0.0469. The van der Waals surface area contributed by atoms with Crippen LogP contribution >= 0.6 is 0 Å². The number of hydrogen-bond donors (Lipinski definition) is 0. The Labute approximate surface area is 137 Å². The van der Waals surface area contributed by atoms with Crippen LogP contribution in [0.5, 0.6) is 0 Å². The minimum atomic E-state index is -0.490. The molecule has 0 bridgehead atoms. The van der Waals surface area contributed by atoms with Gasteiger partial charge in [0.05, 0.1) is 10.6 Å². The zero-order chi connectivity index (χ0) is 17.4. The Kier molecular flexibility index (Phi) is 3.76. The van der Waals surface area contributed by atoms with Crippen LogP contribution in [0.15, 0.2) is 41.6 Å². The van der Waals surface area contributed by atoms with Crippen molar-refractivity contribution >= 4 is 39.2 Å². The number of aryl methyl sites for hydroxylation is 1. The predicted molar refractivity (Wildman–Crippen MR) is 91.1 cm³/mol. The molecule has 0 atom stereocenters. The summed E-state index contributed by atoms with van der Waals surface area (Å²) in [5.74, 6) is -0.490. The van der Waals surface area contributed by atoms with Crippen LogP contribution in [0.2, 0.25) is 0 Å². The maximum Gasteiger partial charge on any atom is 0.331 e. The van der Waals surface area contributed by atoms with Crippen molar-refractivity contribution in [3.8, 4) is 0 Å². The number of hydrogen-bond acceptors (Lipinski definition) is 5. The summed E-state index contributed by atoms with van der Waals surface area (Å²) in [5, 5.41) is 16.5. The Morgan fingerprint density at radius 2 is 1.75 bits per heavy atom. The summed E-state index contributed by atoms with van der Waals surface area (Å²) < 4.78 is 1.98. The molecule has 0 amide bonds. The summed E-state index contributed by atoms with van der Waals surface area (Å²) in [5.41, 5.74) is 3.24. The van der Waals surface area contributed by atoms with Gasteiger partial charge in [0.2, 0.25) is 0 Å². The van der Waals surface area contributed by atoms with Gasteiger partial charge in [-0.1, -0.05) is 11.2 Å². The number of oxime groups is 1. The molecule has 3 aromatic rings. The van der Waals surface area contributed by atoms with E-state index in [2.05, 4.69) is 9.99 Å². The monoisotopic (exact) mass is 325 g/mol. The van der Waals surface area contributed by atoms with E-state index < -0.39 is 10.9 Å². The van der Waals surface area contributed by atoms with E-state index >= 15 is 0 Å². The van der Waals surface area contributed by atoms with Crippen molar-refractivity contribution in [2.24, 2.45) is 12.2 Å². The third-order valence-electron chi connectivity index (χ3n) is 3.93. The molecule has 0 radical (unpaired) electrons. The summed E-state index contributed by atoms with van der Waals surface area (Å²) >= 11 is 0. The highest BCUT2D eigenvalue weighted by Gasteiger charge is 2.14. The molecule has 1 aromatic heterocycles. The molecule has 3 rings (SSSR count). The first-order valence-corrected chi connectivity index (χ1v) is 7.27. The van der Waals surface area contributed by atoms with Crippen LogP contribution in [0.3, 0.4) is 0 Å². The number of nitro benzene ring substituents is 1. The van der Waals surface area contributed by atoms with Crippen LogP contribution < -0.4 is 0 Å². The molecular formula is C17H15N3O4. The van der Waals surface area contributed by atoms with E-state index in [0.29, 0.717) is 5.71 Å². The average Bonchev–Trinajstić information content (AvgIpc) is 2.84. The first-order chi connectivity index (χ1) is 11.4. The lowest BCUT2D eigenvalue weighted by atomic mass is 10.1. The molecule has 0 aliphatic rings. The maximum atomic E-state index is 11.0. The third-order valence-corrected chi connectivity index (χ3v) is 3.93. The molecule has 0 saturated carbocycles. The fraction of sp³-hybridized carbons (Fsp3) is 0.176. The molecule has 0 unspecified atom stereocenters. The highest BCUT2D eigenvalue weighted by atomic mass is 16.7. The van der Waals surface area contributed by atoms with Gasteiger partial charge >= 0.3 is 5.97 Å². The lowest BCUT2D eigenvalue weighted by Crippen LogP contribution is -1.99. The average molecular weight is 325 g/mol. The van der Waals surface area contributed by atoms with Gasteiger partial charge < -0.3 is 9.40 Å². The highest BCUT2D eigenvalue weighted by Crippen LogP contribution is 2.31. The molecule has 0 saturated heterocycles. The zero-order valence-electron chi connectivity index (χ0n) is 13.4. The second-order valence-electron chi connectivity index (χ2n) is 5.51. The second-order valence-corrected chi connectivity index (χ2v) is 5.51. The number of benzene rings is 2. The lowest BCUT2D eigenvalue weighted by Gasteiger charge is -2.02. The van der Waals surface area contributed by atoms with Gasteiger partial charge in [-0.3, -0.25) is 10.1 Å². The van der Waals surface area contributed by atoms with Gasteiger partial charge in [0.25, 0.3) is 5.69 Å². The maximum absolute atomic E-state index is 11.0. The van der Waals surface area contributed by atoms with Crippen molar-refractivity contribution in [2.45, 2.75) is 13.8 Å². The topological polar surface area (TPSA) is 86.7 Å². The second kappa shape index (κ2) is 5.77. The fourth-order valence-electron chi connectivity index (χ4n) is 2.73. The van der Waals surface area contributed by atoms with Gasteiger partial charge in [-0.05, 0) is 30.7 Å². The molecular weight excluding hydrogens is 310 g/mol. The number of nitro groups is 1. The molecule has 7 nitrogen and oxygen atoms in total. The number of aromatic nitrogens is 1. The molecule has 0 N–H and O–H groups in total. The summed E-state index contributed by atoms with van der Waals surface area (Å²) in [6, 6.07) is 10.5. The Hall–Kier alpha value is -3.22. The number of carbonyl (C=O) groups excluding carboxylic acids is 1. The normalized spacial score (nSPS) is 11.9. The van der Waals surface area contributed by atoms with Crippen molar-refractivity contribution in [2.75, 3.05) is 0 Å². The van der Waals surface area contributed by atoms with Crippen molar-refractivity contribution in [1.29, 1.82) is 0 Å². The van der Waals surface area contributed by atoms with Gasteiger partial charge in [-0.15, -0.1) is 0 Å². The number of nitrogens with zero attached hydrogens (tertiary/aromatic N) is 3. The fourth-order valence-corrected chi connectivity index (χ4v) is 2.73. The number of carbonyl (C=O) groups is 1. The SMILES string of the molecule is CC(=O)O/N=C(\C)c1ccc2c(c1)c1cc([N+](=O)[O-])ccc1n2C. The standard InChI is InChI=1S/C17H15N3O4/c1-10(18-24-11(2)21)12-4-6-16-14(8-12)15-9-13(20(22)23)5-7-17(15)19(16)3/h4-9H,1-3H3/b18-10+. The molecule has 0 spiro atoms. The summed E-state index contributed by atoms with van der Waals surface area (Å²) in [6.45, 7) is 3.02. The van der Waals surface area contributed by atoms with E-state index in [1.807, 2.05) is 29.8 Å². The first-order valence-electron chi connectivity index (χ1n) is 7.27. The van der Waals surface area contributed by atoms with E-state index in [1.165, 1.54) is 13.0 Å². The van der Waals surface area contributed by atoms with Gasteiger partial charge in [0, 0.05) is 47.9 Å². The number of non-ortho nitro benzene ring substituents is 1. The Morgan fingerprint density at radius 3 is 2.38 bits per heavy atom. The highest BCUT2D eigenvalue weighted by molar-refractivity contribution is 6.11. The molecule has 24 heavy (non-hydrogen) atoms. The van der Waals surface area contributed by atoms with Crippen LogP contribution in [-0.2, 0) is 16.7 Å². The molecule has 0 aliphatic carbocycles. The smallest absolute Gasteiger partial charge is 0.331 e. The van der Waals surface area contributed by atoms with Gasteiger partial charge in [-0.2, -0.15) is 0 Å². The van der Waals surface area contributed by atoms with E-state index in [1.54, 1.807) is 19.1 Å². The molecule has 1 heterocycles. The summed E-state index contributed by atoms with van der Waals surface area (Å²) in [7, 11) is 1.91. The van der Waals surface area contributed by atoms with E-state index in [4.69, 9.17) is 0 Å². The van der Waals surface area contributed by atoms with Crippen LogP contribution in [0.4, 0.5) is 5.69 Å². The van der Waals surface area contributed by atoms with Crippen LogP contribution in [0.25, 0.3) is 21.8 Å². The predicted octanol–water partition coefficient (Wildman–Crippen LogP) is 3.53. The third kappa shape index (κ3) is 2.60.